The summed E-state index contributed by atoms with van der Waals surface area (Å²) < 4.78 is 2.05. The fourth-order valence-corrected chi connectivity index (χ4v) is 3.80. The Labute approximate surface area is 188 Å². The van der Waals surface area contributed by atoms with Crippen molar-refractivity contribution in [2.75, 3.05) is 0 Å². The Morgan fingerprint density at radius 2 is 0.844 bits per heavy atom. The molecule has 0 atom stereocenters. The van der Waals surface area contributed by atoms with Crippen molar-refractivity contribution in [2.24, 2.45) is 5.10 Å². The van der Waals surface area contributed by atoms with Crippen LogP contribution in [0.25, 0.3) is 33.6 Å². The van der Waals surface area contributed by atoms with E-state index in [0.717, 1.165) is 33.6 Å². The maximum atomic E-state index is 4.96. The van der Waals surface area contributed by atoms with Gasteiger partial charge in [-0.25, -0.2) is 0 Å². The summed E-state index contributed by atoms with van der Waals surface area (Å²) in [6, 6.07) is 46.0. The summed E-state index contributed by atoms with van der Waals surface area (Å²) in [6.45, 7) is 0. The van der Waals surface area contributed by atoms with E-state index in [1.807, 2.05) is 47.3 Å². The lowest BCUT2D eigenvalue weighted by molar-refractivity contribution is -0.656. The molecule has 1 heterocycles. The van der Waals surface area contributed by atoms with Gasteiger partial charge >= 0.3 is 0 Å². The van der Waals surface area contributed by atoms with Crippen LogP contribution in [0, 0.1) is 0 Å². The maximum Gasteiger partial charge on any atom is 0.246 e. The summed E-state index contributed by atoms with van der Waals surface area (Å²) in [5.74, 6) is 0. The van der Waals surface area contributed by atoms with Crippen molar-refractivity contribution in [3.8, 4) is 33.6 Å². The fourth-order valence-electron chi connectivity index (χ4n) is 3.80. The van der Waals surface area contributed by atoms with E-state index in [4.69, 9.17) is 5.10 Å². The van der Waals surface area contributed by atoms with Gasteiger partial charge in [-0.1, -0.05) is 97.1 Å². The molecular formula is C30H23N2+. The second kappa shape index (κ2) is 9.23. The van der Waals surface area contributed by atoms with Crippen molar-refractivity contribution in [1.82, 2.24) is 0 Å². The van der Waals surface area contributed by atoms with Gasteiger partial charge in [-0.05, 0) is 50.7 Å². The molecule has 32 heavy (non-hydrogen) atoms. The van der Waals surface area contributed by atoms with Crippen molar-refractivity contribution in [2.45, 2.75) is 0 Å². The quantitative estimate of drug-likeness (QED) is 0.222. The summed E-state index contributed by atoms with van der Waals surface area (Å²) in [5, 5.41) is 4.96. The molecule has 0 unspecified atom stereocenters. The van der Waals surface area contributed by atoms with E-state index in [2.05, 4.69) is 97.1 Å². The first-order chi connectivity index (χ1) is 15.9. The highest BCUT2D eigenvalue weighted by Crippen LogP contribution is 2.29. The predicted molar refractivity (Wildman–Crippen MR) is 132 cm³/mol. The molecule has 5 aromatic rings. The van der Waals surface area contributed by atoms with Crippen LogP contribution in [-0.4, -0.2) is 6.21 Å². The topological polar surface area (TPSA) is 16.2 Å². The molecule has 0 spiro atoms. The number of pyridine rings is 1. The molecule has 4 aromatic carbocycles. The summed E-state index contributed by atoms with van der Waals surface area (Å²) in [7, 11) is 0. The Bertz CT molecular complexity index is 1270. The molecular weight excluding hydrogens is 388 g/mol. The minimum absolute atomic E-state index is 1.04. The van der Waals surface area contributed by atoms with E-state index >= 15 is 0 Å². The van der Waals surface area contributed by atoms with Gasteiger partial charge in [0, 0.05) is 23.3 Å². The largest absolute Gasteiger partial charge is 0.246 e. The van der Waals surface area contributed by atoms with E-state index in [1.165, 1.54) is 5.56 Å². The Kier molecular flexibility index (Phi) is 5.67. The van der Waals surface area contributed by atoms with E-state index in [-0.39, 0.29) is 0 Å². The Morgan fingerprint density at radius 1 is 0.438 bits per heavy atom. The molecule has 0 amide bonds. The third-order valence-electron chi connectivity index (χ3n) is 5.41. The highest BCUT2D eigenvalue weighted by molar-refractivity contribution is 5.79. The number of hydrogen-bond acceptors (Lipinski definition) is 1. The van der Waals surface area contributed by atoms with Crippen LogP contribution in [0.15, 0.2) is 139 Å². The summed E-state index contributed by atoms with van der Waals surface area (Å²) in [4.78, 5) is 0. The normalized spacial score (nSPS) is 11.0. The average Bonchev–Trinajstić information content (AvgIpc) is 2.89. The van der Waals surface area contributed by atoms with Crippen molar-refractivity contribution >= 4 is 6.21 Å². The fraction of sp³-hybridized carbons (Fsp3) is 0. The maximum absolute atomic E-state index is 4.96. The number of rotatable bonds is 5. The standard InChI is InChI=1S/C30H23N2/c1-5-13-24(14-6-1)23-31-32-29(26-17-9-3-10-18-26)21-28(25-15-7-2-8-16-25)22-30(32)27-19-11-4-12-20-27/h1-23H/q+1. The summed E-state index contributed by atoms with van der Waals surface area (Å²) in [6.07, 6.45) is 1.92. The van der Waals surface area contributed by atoms with Gasteiger partial charge in [0.2, 0.25) is 11.4 Å². The second-order valence-electron chi connectivity index (χ2n) is 7.58. The van der Waals surface area contributed by atoms with Crippen LogP contribution in [0.3, 0.4) is 0 Å². The third-order valence-corrected chi connectivity index (χ3v) is 5.41. The van der Waals surface area contributed by atoms with Gasteiger partial charge in [-0.2, -0.15) is 0 Å². The highest BCUT2D eigenvalue weighted by atomic mass is 15.3. The van der Waals surface area contributed by atoms with Crippen molar-refractivity contribution in [3.63, 3.8) is 0 Å². The van der Waals surface area contributed by atoms with Crippen LogP contribution in [0.1, 0.15) is 5.56 Å². The zero-order valence-corrected chi connectivity index (χ0v) is 17.7. The first kappa shape index (κ1) is 19.7. The molecule has 0 bridgehead atoms. The van der Waals surface area contributed by atoms with Gasteiger partial charge in [-0.3, -0.25) is 0 Å². The van der Waals surface area contributed by atoms with Crippen LogP contribution in [0.5, 0.6) is 0 Å². The molecule has 0 radical (unpaired) electrons. The van der Waals surface area contributed by atoms with Crippen LogP contribution in [0.2, 0.25) is 0 Å². The monoisotopic (exact) mass is 411 g/mol. The van der Waals surface area contributed by atoms with Crippen molar-refractivity contribution < 1.29 is 4.68 Å². The number of hydrogen-bond donors (Lipinski definition) is 0. The first-order valence-electron chi connectivity index (χ1n) is 10.7. The average molecular weight is 412 g/mol. The van der Waals surface area contributed by atoms with E-state index in [1.54, 1.807) is 0 Å². The van der Waals surface area contributed by atoms with Gasteiger partial charge in [0.05, 0.1) is 0 Å². The van der Waals surface area contributed by atoms with Gasteiger partial charge in [-0.15, -0.1) is 0 Å². The highest BCUT2D eigenvalue weighted by Gasteiger charge is 2.23. The molecule has 152 valence electrons. The first-order valence-corrected chi connectivity index (χ1v) is 10.7. The van der Waals surface area contributed by atoms with Crippen molar-refractivity contribution in [3.05, 3.63) is 139 Å². The molecule has 0 saturated carbocycles. The SMILES string of the molecule is C(=N[n+]1c(-c2ccccc2)cc(-c2ccccc2)cc1-c1ccccc1)c1ccccc1. The lowest BCUT2D eigenvalue weighted by Crippen LogP contribution is -2.34. The van der Waals surface area contributed by atoms with Gasteiger partial charge in [0.15, 0.2) is 0 Å². The number of benzene rings is 4. The van der Waals surface area contributed by atoms with Crippen LogP contribution in [-0.2, 0) is 0 Å². The number of aromatic nitrogens is 1. The molecule has 0 aliphatic rings. The molecule has 2 nitrogen and oxygen atoms in total. The minimum Gasteiger partial charge on any atom is -0.0622 e. The predicted octanol–water partition coefficient (Wildman–Crippen LogP) is 6.86. The van der Waals surface area contributed by atoms with E-state index < -0.39 is 0 Å². The minimum atomic E-state index is 1.04. The van der Waals surface area contributed by atoms with Gasteiger partial charge < -0.3 is 0 Å². The Hall–Kier alpha value is -4.30. The van der Waals surface area contributed by atoms with Crippen LogP contribution < -0.4 is 4.68 Å². The zero-order chi connectivity index (χ0) is 21.6. The second-order valence-corrected chi connectivity index (χ2v) is 7.58. The molecule has 0 aliphatic carbocycles. The zero-order valence-electron chi connectivity index (χ0n) is 17.7. The van der Waals surface area contributed by atoms with Crippen LogP contribution in [0.4, 0.5) is 0 Å². The van der Waals surface area contributed by atoms with Gasteiger partial charge in [0.1, 0.15) is 6.21 Å². The lowest BCUT2D eigenvalue weighted by atomic mass is 10.00. The van der Waals surface area contributed by atoms with Crippen molar-refractivity contribution in [1.29, 1.82) is 0 Å². The Balaban J connectivity index is 1.78. The molecule has 5 rings (SSSR count). The molecule has 0 fully saturated rings. The smallest absolute Gasteiger partial charge is 0.0622 e. The van der Waals surface area contributed by atoms with Gasteiger partial charge in [0.25, 0.3) is 0 Å². The van der Waals surface area contributed by atoms with E-state index in [0.29, 0.717) is 0 Å². The number of nitrogens with zero attached hydrogens (tertiary/aromatic N) is 2. The molecule has 0 N–H and O–H groups in total. The summed E-state index contributed by atoms with van der Waals surface area (Å²) >= 11 is 0. The van der Waals surface area contributed by atoms with Crippen LogP contribution >= 0.6 is 0 Å². The van der Waals surface area contributed by atoms with E-state index in [9.17, 15) is 0 Å². The molecule has 1 aromatic heterocycles. The lowest BCUT2D eigenvalue weighted by Gasteiger charge is -2.09. The summed E-state index contributed by atoms with van der Waals surface area (Å²) in [5.41, 5.74) is 7.72. The molecule has 0 aliphatic heterocycles. The molecule has 0 saturated heterocycles. The third kappa shape index (κ3) is 4.26. The molecule has 2 heteroatoms. The Morgan fingerprint density at radius 3 is 1.31 bits per heavy atom.